The molecule has 1 atom stereocenters. The number of aromatic nitrogens is 2. The number of carbonyl (C=O) groups is 1. The summed E-state index contributed by atoms with van der Waals surface area (Å²) in [5, 5.41) is 4.12. The maximum absolute atomic E-state index is 13.2. The molecule has 2 aromatic heterocycles. The number of nitrogens with zero attached hydrogens (tertiary/aromatic N) is 1. The summed E-state index contributed by atoms with van der Waals surface area (Å²) in [7, 11) is 1.64. The van der Waals surface area contributed by atoms with Gasteiger partial charge in [0.05, 0.1) is 13.7 Å². The Morgan fingerprint density at radius 2 is 1.81 bits per heavy atom. The zero-order chi connectivity index (χ0) is 25.8. The molecule has 0 saturated carbocycles. The lowest BCUT2D eigenvalue weighted by Gasteiger charge is -2.19. The van der Waals surface area contributed by atoms with Gasteiger partial charge < -0.3 is 19.6 Å². The van der Waals surface area contributed by atoms with Crippen molar-refractivity contribution in [3.8, 4) is 5.75 Å². The van der Waals surface area contributed by atoms with Crippen LogP contribution in [-0.2, 0) is 6.54 Å². The van der Waals surface area contributed by atoms with Crippen molar-refractivity contribution in [3.63, 3.8) is 0 Å². The Kier molecular flexibility index (Phi) is 6.90. The van der Waals surface area contributed by atoms with Crippen LogP contribution in [0.5, 0.6) is 5.75 Å². The first-order valence-electron chi connectivity index (χ1n) is 12.3. The Morgan fingerprint density at radius 3 is 2.59 bits per heavy atom. The van der Waals surface area contributed by atoms with Gasteiger partial charge in [-0.2, -0.15) is 0 Å². The summed E-state index contributed by atoms with van der Waals surface area (Å²) in [6, 6.07) is 27.3. The Labute approximate surface area is 215 Å². The zero-order valence-electron chi connectivity index (χ0n) is 20.9. The number of nitrogens with one attached hydrogen (secondary N) is 2. The summed E-state index contributed by atoms with van der Waals surface area (Å²) in [6.07, 6.45) is 3.70. The van der Waals surface area contributed by atoms with E-state index in [2.05, 4.69) is 16.4 Å². The van der Waals surface area contributed by atoms with E-state index in [1.54, 1.807) is 30.0 Å². The average molecular weight is 492 g/mol. The van der Waals surface area contributed by atoms with E-state index in [9.17, 15) is 9.59 Å². The lowest BCUT2D eigenvalue weighted by Crippen LogP contribution is -2.35. The Balaban J connectivity index is 1.41. The van der Waals surface area contributed by atoms with Crippen molar-refractivity contribution in [1.29, 1.82) is 0 Å². The predicted molar refractivity (Wildman–Crippen MR) is 146 cm³/mol. The van der Waals surface area contributed by atoms with Gasteiger partial charge in [-0.25, -0.2) is 0 Å². The lowest BCUT2D eigenvalue weighted by molar-refractivity contribution is 0.0950. The highest BCUT2D eigenvalue weighted by molar-refractivity contribution is 5.94. The first-order valence-corrected chi connectivity index (χ1v) is 12.3. The number of aromatic amines is 1. The summed E-state index contributed by atoms with van der Waals surface area (Å²) < 4.78 is 6.90. The van der Waals surface area contributed by atoms with Crippen LogP contribution in [0.4, 0.5) is 0 Å². The number of rotatable bonds is 8. The van der Waals surface area contributed by atoms with Gasteiger partial charge in [0.15, 0.2) is 0 Å². The van der Waals surface area contributed by atoms with Gasteiger partial charge in [-0.15, -0.1) is 0 Å². The number of ether oxygens (including phenoxy) is 1. The molecule has 2 N–H and O–H groups in total. The van der Waals surface area contributed by atoms with Crippen LogP contribution in [0.2, 0.25) is 0 Å². The molecule has 0 bridgehead atoms. The second-order valence-electron chi connectivity index (χ2n) is 9.17. The van der Waals surface area contributed by atoms with Crippen LogP contribution in [0.3, 0.4) is 0 Å². The van der Waals surface area contributed by atoms with Crippen LogP contribution >= 0.6 is 0 Å². The van der Waals surface area contributed by atoms with Gasteiger partial charge >= 0.3 is 0 Å². The first kappa shape index (κ1) is 24.1. The van der Waals surface area contributed by atoms with Crippen molar-refractivity contribution in [3.05, 3.63) is 135 Å². The summed E-state index contributed by atoms with van der Waals surface area (Å²) in [5.74, 6) is 0.259. The van der Waals surface area contributed by atoms with Crippen LogP contribution in [0.1, 0.15) is 38.5 Å². The maximum Gasteiger partial charge on any atom is 0.263 e. The van der Waals surface area contributed by atoms with E-state index < -0.39 is 0 Å². The number of H-pyrrole nitrogens is 1. The van der Waals surface area contributed by atoms with Gasteiger partial charge in [0, 0.05) is 35.8 Å². The summed E-state index contributed by atoms with van der Waals surface area (Å²) in [5.41, 5.74) is 5.10. The van der Waals surface area contributed by atoms with Crippen LogP contribution in [0.25, 0.3) is 10.9 Å². The molecule has 6 nitrogen and oxygen atoms in total. The minimum atomic E-state index is -0.387. The number of para-hydroxylation sites is 1. The van der Waals surface area contributed by atoms with Gasteiger partial charge in [0.25, 0.3) is 11.5 Å². The fourth-order valence-electron chi connectivity index (χ4n) is 4.76. The molecule has 0 spiro atoms. The Morgan fingerprint density at radius 1 is 1.00 bits per heavy atom. The lowest BCUT2D eigenvalue weighted by atomic mass is 9.90. The maximum atomic E-state index is 13.2. The molecule has 186 valence electrons. The molecule has 37 heavy (non-hydrogen) atoms. The highest BCUT2D eigenvalue weighted by Gasteiger charge is 2.21. The molecular weight excluding hydrogens is 462 g/mol. The third kappa shape index (κ3) is 5.19. The fourth-order valence-corrected chi connectivity index (χ4v) is 4.76. The summed E-state index contributed by atoms with van der Waals surface area (Å²) in [4.78, 5) is 29.7. The predicted octanol–water partition coefficient (Wildman–Crippen LogP) is 5.26. The van der Waals surface area contributed by atoms with Crippen molar-refractivity contribution in [2.45, 2.75) is 19.4 Å². The SMILES string of the molecule is COc1ccc(C(CNC(=O)c2cccn(Cc3cccc(C)c3)c2=O)c2c[nH]c3ccccc23)cc1. The first-order chi connectivity index (χ1) is 18.0. The molecule has 0 fully saturated rings. The molecule has 0 aliphatic rings. The normalized spacial score (nSPS) is 11.8. The number of fused-ring (bicyclic) bond motifs is 1. The van der Waals surface area contributed by atoms with Crippen LogP contribution in [0.15, 0.2) is 102 Å². The number of carbonyl (C=O) groups excluding carboxylic acids is 1. The second-order valence-corrected chi connectivity index (χ2v) is 9.17. The molecule has 0 saturated heterocycles. The van der Waals surface area contributed by atoms with Crippen molar-refractivity contribution < 1.29 is 9.53 Å². The number of hydrogen-bond donors (Lipinski definition) is 2. The van der Waals surface area contributed by atoms with E-state index >= 15 is 0 Å². The molecule has 2 heterocycles. The average Bonchev–Trinajstić information content (AvgIpc) is 3.34. The number of pyridine rings is 1. The largest absolute Gasteiger partial charge is 0.497 e. The quantitative estimate of drug-likeness (QED) is 0.311. The molecule has 5 aromatic rings. The molecule has 5 rings (SSSR count). The summed E-state index contributed by atoms with van der Waals surface area (Å²) >= 11 is 0. The van der Waals surface area contributed by atoms with Crippen molar-refractivity contribution in [2.75, 3.05) is 13.7 Å². The molecule has 6 heteroatoms. The van der Waals surface area contributed by atoms with Crippen molar-refractivity contribution >= 4 is 16.8 Å². The van der Waals surface area contributed by atoms with E-state index in [1.165, 1.54) is 0 Å². The van der Waals surface area contributed by atoms with Gasteiger partial charge in [0.1, 0.15) is 11.3 Å². The van der Waals surface area contributed by atoms with Crippen molar-refractivity contribution in [2.24, 2.45) is 0 Å². The topological polar surface area (TPSA) is 76.1 Å². The van der Waals surface area contributed by atoms with E-state index in [-0.39, 0.29) is 22.9 Å². The molecule has 3 aromatic carbocycles. The standard InChI is InChI=1S/C31H29N3O3/c1-21-7-5-8-22(17-21)20-34-16-6-10-26(31(34)36)30(35)33-18-27(23-12-14-24(37-2)15-13-23)28-19-32-29-11-4-3-9-25(28)29/h3-17,19,27,32H,18,20H2,1-2H3,(H,33,35). The fraction of sp³-hybridized carbons (Fsp3) is 0.161. The van der Waals surface area contributed by atoms with Crippen LogP contribution in [-0.4, -0.2) is 29.1 Å². The van der Waals surface area contributed by atoms with E-state index in [0.717, 1.165) is 38.9 Å². The minimum Gasteiger partial charge on any atom is -0.497 e. The monoisotopic (exact) mass is 491 g/mol. The molecule has 1 unspecified atom stereocenters. The Bertz CT molecular complexity index is 1600. The van der Waals surface area contributed by atoms with Gasteiger partial charge in [-0.05, 0) is 53.9 Å². The van der Waals surface area contributed by atoms with E-state index in [4.69, 9.17) is 4.74 Å². The number of methoxy groups -OCH3 is 1. The number of benzene rings is 3. The molecular formula is C31H29N3O3. The second kappa shape index (κ2) is 10.6. The van der Waals surface area contributed by atoms with Crippen LogP contribution < -0.4 is 15.6 Å². The van der Waals surface area contributed by atoms with E-state index in [0.29, 0.717) is 13.1 Å². The van der Waals surface area contributed by atoms with Gasteiger partial charge in [-0.1, -0.05) is 60.2 Å². The minimum absolute atomic E-state index is 0.121. The third-order valence-electron chi connectivity index (χ3n) is 6.68. The zero-order valence-corrected chi connectivity index (χ0v) is 20.9. The third-order valence-corrected chi connectivity index (χ3v) is 6.68. The summed E-state index contributed by atoms with van der Waals surface area (Å²) in [6.45, 7) is 2.76. The molecule has 0 aliphatic heterocycles. The highest BCUT2D eigenvalue weighted by Crippen LogP contribution is 2.31. The number of hydrogen-bond acceptors (Lipinski definition) is 3. The molecule has 1 amide bonds. The van der Waals surface area contributed by atoms with Gasteiger partial charge in [0.2, 0.25) is 0 Å². The van der Waals surface area contributed by atoms with Crippen LogP contribution in [0, 0.1) is 6.92 Å². The number of aryl methyl sites for hydroxylation is 1. The van der Waals surface area contributed by atoms with E-state index in [1.807, 2.05) is 79.9 Å². The molecule has 0 radical (unpaired) electrons. The smallest absolute Gasteiger partial charge is 0.263 e. The van der Waals surface area contributed by atoms with Crippen molar-refractivity contribution in [1.82, 2.24) is 14.9 Å². The Hall–Kier alpha value is -4.58. The molecule has 0 aliphatic carbocycles. The highest BCUT2D eigenvalue weighted by atomic mass is 16.5. The van der Waals surface area contributed by atoms with Gasteiger partial charge in [-0.3, -0.25) is 9.59 Å². The number of amides is 1.